The first-order chi connectivity index (χ1) is 14.6. The van der Waals surface area contributed by atoms with Crippen LogP contribution in [0.25, 0.3) is 22.2 Å². The van der Waals surface area contributed by atoms with Crippen molar-refractivity contribution < 1.29 is 14.1 Å². The summed E-state index contributed by atoms with van der Waals surface area (Å²) in [4.78, 5) is 17.1. The number of amides is 1. The van der Waals surface area contributed by atoms with Gasteiger partial charge in [-0.3, -0.25) is 4.79 Å². The molecule has 0 bridgehead atoms. The number of carbonyl (C=O) groups is 1. The highest BCUT2D eigenvalue weighted by Crippen LogP contribution is 2.26. The molecule has 152 valence electrons. The van der Waals surface area contributed by atoms with E-state index < -0.39 is 6.10 Å². The monoisotopic (exact) mass is 401 g/mol. The highest BCUT2D eigenvalue weighted by Gasteiger charge is 2.20. The Morgan fingerprint density at radius 1 is 1.10 bits per heavy atom. The number of rotatable bonds is 7. The molecule has 0 saturated heterocycles. The smallest absolute Gasteiger partial charge is 0.261 e. The number of fused-ring (bicyclic) bond motifs is 1. The number of ether oxygens (including phenoxy) is 1. The first-order valence-corrected chi connectivity index (χ1v) is 9.96. The van der Waals surface area contributed by atoms with Crippen LogP contribution in [-0.4, -0.2) is 22.2 Å². The van der Waals surface area contributed by atoms with Gasteiger partial charge in [0.15, 0.2) is 6.10 Å². The summed E-state index contributed by atoms with van der Waals surface area (Å²) in [6.07, 6.45) is -0.0806. The Morgan fingerprint density at radius 3 is 2.73 bits per heavy atom. The van der Waals surface area contributed by atoms with E-state index in [1.165, 1.54) is 0 Å². The number of hydrogen-bond acceptors (Lipinski definition) is 5. The van der Waals surface area contributed by atoms with Gasteiger partial charge in [0.2, 0.25) is 11.7 Å². The van der Waals surface area contributed by atoms with Crippen LogP contribution in [0.5, 0.6) is 5.75 Å². The maximum Gasteiger partial charge on any atom is 0.261 e. The third-order valence-electron chi connectivity index (χ3n) is 4.84. The number of nitrogens with one attached hydrogen (secondary N) is 1. The summed E-state index contributed by atoms with van der Waals surface area (Å²) in [7, 11) is 0. The fourth-order valence-corrected chi connectivity index (χ4v) is 3.28. The Morgan fingerprint density at radius 2 is 1.90 bits per heavy atom. The molecule has 6 heteroatoms. The zero-order valence-corrected chi connectivity index (χ0v) is 17.0. The Hall–Kier alpha value is -3.67. The van der Waals surface area contributed by atoms with E-state index in [0.717, 1.165) is 21.9 Å². The molecule has 0 aliphatic rings. The van der Waals surface area contributed by atoms with Crippen LogP contribution in [0.15, 0.2) is 71.3 Å². The molecule has 1 atom stereocenters. The number of aromatic nitrogens is 2. The molecule has 0 saturated carbocycles. The van der Waals surface area contributed by atoms with E-state index in [2.05, 4.69) is 15.5 Å². The lowest BCUT2D eigenvalue weighted by molar-refractivity contribution is -0.128. The molecule has 6 nitrogen and oxygen atoms in total. The van der Waals surface area contributed by atoms with Crippen molar-refractivity contribution in [3.8, 4) is 17.1 Å². The number of carbonyl (C=O) groups excluding carboxylic acids is 1. The van der Waals surface area contributed by atoms with Crippen molar-refractivity contribution >= 4 is 16.7 Å². The number of hydrogen-bond donors (Lipinski definition) is 1. The van der Waals surface area contributed by atoms with Crippen LogP contribution >= 0.6 is 0 Å². The summed E-state index contributed by atoms with van der Waals surface area (Å²) >= 11 is 0. The third-order valence-corrected chi connectivity index (χ3v) is 4.84. The maximum absolute atomic E-state index is 12.7. The van der Waals surface area contributed by atoms with Crippen LogP contribution in [0.4, 0.5) is 0 Å². The third kappa shape index (κ3) is 4.33. The second kappa shape index (κ2) is 8.78. The van der Waals surface area contributed by atoms with Gasteiger partial charge in [0.05, 0.1) is 6.54 Å². The molecule has 0 aliphatic carbocycles. The Kier molecular flexibility index (Phi) is 5.75. The highest BCUT2D eigenvalue weighted by atomic mass is 16.5. The molecule has 1 heterocycles. The van der Waals surface area contributed by atoms with Gasteiger partial charge in [0.25, 0.3) is 5.91 Å². The quantitative estimate of drug-likeness (QED) is 0.487. The summed E-state index contributed by atoms with van der Waals surface area (Å²) in [5, 5.41) is 8.89. The van der Waals surface area contributed by atoms with Crippen LogP contribution in [0.3, 0.4) is 0 Å². The average Bonchev–Trinajstić information content (AvgIpc) is 3.25. The summed E-state index contributed by atoms with van der Waals surface area (Å²) < 4.78 is 11.3. The fraction of sp³-hybridized carbons (Fsp3) is 0.208. The van der Waals surface area contributed by atoms with Crippen molar-refractivity contribution in [1.82, 2.24) is 15.5 Å². The van der Waals surface area contributed by atoms with Crippen molar-refractivity contribution in [2.45, 2.75) is 32.9 Å². The van der Waals surface area contributed by atoms with Crippen LogP contribution in [0, 0.1) is 6.92 Å². The molecular formula is C24H23N3O3. The molecule has 4 aromatic rings. The predicted molar refractivity (Wildman–Crippen MR) is 115 cm³/mol. The SMILES string of the molecule is CC[C@H](Oc1cccc2ccccc12)C(=O)NCc1nc(-c2cccc(C)c2)no1. The topological polar surface area (TPSA) is 77.2 Å². The number of aryl methyl sites for hydroxylation is 1. The van der Waals surface area contributed by atoms with Crippen LogP contribution in [-0.2, 0) is 11.3 Å². The van der Waals surface area contributed by atoms with Crippen molar-refractivity contribution in [3.63, 3.8) is 0 Å². The zero-order valence-electron chi connectivity index (χ0n) is 17.0. The lowest BCUT2D eigenvalue weighted by Gasteiger charge is -2.18. The maximum atomic E-state index is 12.7. The Labute approximate surface area is 174 Å². The minimum atomic E-state index is -0.616. The first-order valence-electron chi connectivity index (χ1n) is 9.96. The summed E-state index contributed by atoms with van der Waals surface area (Å²) in [6, 6.07) is 21.6. The molecule has 30 heavy (non-hydrogen) atoms. The lowest BCUT2D eigenvalue weighted by atomic mass is 10.1. The summed E-state index contributed by atoms with van der Waals surface area (Å²) in [5.41, 5.74) is 1.99. The normalized spacial score (nSPS) is 11.9. The standard InChI is InChI=1S/C24H23N3O3/c1-3-20(29-21-13-7-10-17-9-4-5-12-19(17)21)24(28)25-15-22-26-23(27-30-22)18-11-6-8-16(2)14-18/h4-14,20H,3,15H2,1-2H3,(H,25,28)/t20-/m0/s1. The van der Waals surface area contributed by atoms with Gasteiger partial charge < -0.3 is 14.6 Å². The van der Waals surface area contributed by atoms with Gasteiger partial charge in [-0.15, -0.1) is 0 Å². The van der Waals surface area contributed by atoms with E-state index in [0.29, 0.717) is 23.9 Å². The second-order valence-electron chi connectivity index (χ2n) is 7.09. The highest BCUT2D eigenvalue weighted by molar-refractivity contribution is 5.89. The minimum Gasteiger partial charge on any atom is -0.480 e. The van der Waals surface area contributed by atoms with E-state index >= 15 is 0 Å². The molecule has 1 amide bonds. The molecule has 0 unspecified atom stereocenters. The number of benzene rings is 3. The largest absolute Gasteiger partial charge is 0.480 e. The van der Waals surface area contributed by atoms with Crippen LogP contribution in [0.1, 0.15) is 24.8 Å². The van der Waals surface area contributed by atoms with Gasteiger partial charge in [0, 0.05) is 10.9 Å². The molecule has 1 aromatic heterocycles. The first kappa shape index (κ1) is 19.6. The Balaban J connectivity index is 1.41. The number of nitrogens with zero attached hydrogens (tertiary/aromatic N) is 2. The summed E-state index contributed by atoms with van der Waals surface area (Å²) in [5.74, 6) is 1.32. The van der Waals surface area contributed by atoms with Gasteiger partial charge in [-0.05, 0) is 30.9 Å². The predicted octanol–water partition coefficient (Wildman–Crippen LogP) is 4.67. The molecule has 0 spiro atoms. The van der Waals surface area contributed by atoms with E-state index in [1.54, 1.807) is 0 Å². The lowest BCUT2D eigenvalue weighted by Crippen LogP contribution is -2.37. The Bertz CT molecular complexity index is 1160. The average molecular weight is 401 g/mol. The van der Waals surface area contributed by atoms with Gasteiger partial charge in [-0.1, -0.05) is 72.2 Å². The molecular weight excluding hydrogens is 378 g/mol. The van der Waals surface area contributed by atoms with Gasteiger partial charge in [-0.2, -0.15) is 4.98 Å². The van der Waals surface area contributed by atoms with Crippen molar-refractivity contribution in [1.29, 1.82) is 0 Å². The second-order valence-corrected chi connectivity index (χ2v) is 7.09. The zero-order chi connectivity index (χ0) is 20.9. The summed E-state index contributed by atoms with van der Waals surface area (Å²) in [6.45, 7) is 4.07. The van der Waals surface area contributed by atoms with Crippen LogP contribution in [0.2, 0.25) is 0 Å². The van der Waals surface area contributed by atoms with Gasteiger partial charge in [0.1, 0.15) is 5.75 Å². The van der Waals surface area contributed by atoms with E-state index in [9.17, 15) is 4.79 Å². The van der Waals surface area contributed by atoms with Gasteiger partial charge in [-0.25, -0.2) is 0 Å². The molecule has 1 N–H and O–H groups in total. The minimum absolute atomic E-state index is 0.146. The van der Waals surface area contributed by atoms with Gasteiger partial charge >= 0.3 is 0 Å². The fourth-order valence-electron chi connectivity index (χ4n) is 3.28. The molecule has 0 aliphatic heterocycles. The molecule has 3 aromatic carbocycles. The van der Waals surface area contributed by atoms with Crippen LogP contribution < -0.4 is 10.1 Å². The van der Waals surface area contributed by atoms with Crippen molar-refractivity contribution in [2.75, 3.05) is 0 Å². The molecule has 4 rings (SSSR count). The van der Waals surface area contributed by atoms with Crippen molar-refractivity contribution in [2.24, 2.45) is 0 Å². The van der Waals surface area contributed by atoms with E-state index in [-0.39, 0.29) is 12.5 Å². The van der Waals surface area contributed by atoms with E-state index in [1.807, 2.05) is 80.6 Å². The molecule has 0 radical (unpaired) electrons. The van der Waals surface area contributed by atoms with Crippen molar-refractivity contribution in [3.05, 3.63) is 78.2 Å². The van der Waals surface area contributed by atoms with E-state index in [4.69, 9.17) is 9.26 Å². The molecule has 0 fully saturated rings.